The van der Waals surface area contributed by atoms with Crippen LogP contribution < -0.4 is 5.56 Å². The molecule has 0 N–H and O–H groups in total. The molecule has 0 spiro atoms. The second kappa shape index (κ2) is 9.46. The summed E-state index contributed by atoms with van der Waals surface area (Å²) in [6.45, 7) is 6.18. The highest BCUT2D eigenvalue weighted by atomic mass is 16.2. The molecule has 0 saturated carbocycles. The Morgan fingerprint density at radius 3 is 2.52 bits per heavy atom. The molecule has 144 valence electrons. The minimum Gasteiger partial charge on any atom is -0.339 e. The lowest BCUT2D eigenvalue weighted by Crippen LogP contribution is -2.49. The number of benzene rings is 1. The zero-order chi connectivity index (χ0) is 19.1. The summed E-state index contributed by atoms with van der Waals surface area (Å²) in [5.74, 6) is -0.0143. The van der Waals surface area contributed by atoms with E-state index in [1.165, 1.54) is 16.5 Å². The number of rotatable bonds is 7. The van der Waals surface area contributed by atoms with E-state index < -0.39 is 0 Å². The maximum absolute atomic E-state index is 12.6. The Balaban J connectivity index is 1.50. The Labute approximate surface area is 160 Å². The van der Waals surface area contributed by atoms with Crippen LogP contribution in [0.2, 0.25) is 0 Å². The van der Waals surface area contributed by atoms with Crippen molar-refractivity contribution in [3.05, 3.63) is 64.3 Å². The molecular formula is C21H28N4O2. The summed E-state index contributed by atoms with van der Waals surface area (Å²) < 4.78 is 1.41. The molecule has 1 aromatic carbocycles. The number of aryl methyl sites for hydroxylation is 1. The minimum absolute atomic E-state index is 0.0143. The maximum Gasteiger partial charge on any atom is 0.253 e. The van der Waals surface area contributed by atoms with Crippen LogP contribution in [0, 0.1) is 0 Å². The lowest BCUT2D eigenvalue weighted by molar-refractivity contribution is -0.133. The predicted octanol–water partition coefficient (Wildman–Crippen LogP) is 1.93. The summed E-state index contributed by atoms with van der Waals surface area (Å²) in [4.78, 5) is 33.3. The fourth-order valence-electron chi connectivity index (χ4n) is 3.32. The van der Waals surface area contributed by atoms with Crippen molar-refractivity contribution >= 4 is 5.91 Å². The molecular weight excluding hydrogens is 340 g/mol. The molecule has 0 radical (unpaired) electrons. The minimum atomic E-state index is -0.146. The van der Waals surface area contributed by atoms with Crippen molar-refractivity contribution in [2.24, 2.45) is 0 Å². The molecule has 6 nitrogen and oxygen atoms in total. The molecule has 0 unspecified atom stereocenters. The van der Waals surface area contributed by atoms with E-state index in [-0.39, 0.29) is 18.0 Å². The highest BCUT2D eigenvalue weighted by molar-refractivity contribution is 5.76. The van der Waals surface area contributed by atoms with Gasteiger partial charge in [0, 0.05) is 44.5 Å². The van der Waals surface area contributed by atoms with Gasteiger partial charge in [-0.25, -0.2) is 4.98 Å². The van der Waals surface area contributed by atoms with Gasteiger partial charge in [-0.2, -0.15) is 0 Å². The van der Waals surface area contributed by atoms with Crippen molar-refractivity contribution in [1.82, 2.24) is 19.4 Å². The molecule has 0 bridgehead atoms. The van der Waals surface area contributed by atoms with Crippen LogP contribution in [0.5, 0.6) is 0 Å². The number of nitrogens with zero attached hydrogens (tertiary/aromatic N) is 4. The quantitative estimate of drug-likeness (QED) is 0.749. The van der Waals surface area contributed by atoms with Crippen LogP contribution in [0.1, 0.15) is 31.0 Å². The Morgan fingerprint density at radius 2 is 1.85 bits per heavy atom. The summed E-state index contributed by atoms with van der Waals surface area (Å²) in [7, 11) is 0. The molecule has 3 rings (SSSR count). The zero-order valence-corrected chi connectivity index (χ0v) is 16.0. The van der Waals surface area contributed by atoms with E-state index in [0.717, 1.165) is 44.6 Å². The predicted molar refractivity (Wildman–Crippen MR) is 105 cm³/mol. The first-order valence-corrected chi connectivity index (χ1v) is 9.75. The Kier molecular flexibility index (Phi) is 6.76. The van der Waals surface area contributed by atoms with Gasteiger partial charge in [0.1, 0.15) is 6.54 Å². The van der Waals surface area contributed by atoms with Gasteiger partial charge in [-0.3, -0.25) is 19.1 Å². The lowest BCUT2D eigenvalue weighted by atomic mass is 10.2. The Hall–Kier alpha value is -2.47. The summed E-state index contributed by atoms with van der Waals surface area (Å²) in [5, 5.41) is 0. The van der Waals surface area contributed by atoms with Crippen molar-refractivity contribution < 1.29 is 4.79 Å². The van der Waals surface area contributed by atoms with E-state index in [0.29, 0.717) is 13.1 Å². The van der Waals surface area contributed by atoms with Crippen LogP contribution in [-0.4, -0.2) is 51.4 Å². The maximum atomic E-state index is 12.6. The highest BCUT2D eigenvalue weighted by Crippen LogP contribution is 2.09. The molecule has 1 aliphatic heterocycles. The summed E-state index contributed by atoms with van der Waals surface area (Å²) in [6.07, 6.45) is 4.41. The van der Waals surface area contributed by atoms with Gasteiger partial charge in [-0.1, -0.05) is 43.7 Å². The summed E-state index contributed by atoms with van der Waals surface area (Å²) in [6, 6.07) is 11.9. The summed E-state index contributed by atoms with van der Waals surface area (Å²) in [5.41, 5.74) is 1.95. The van der Waals surface area contributed by atoms with Gasteiger partial charge in [0.25, 0.3) is 5.56 Å². The van der Waals surface area contributed by atoms with Gasteiger partial charge < -0.3 is 4.90 Å². The lowest BCUT2D eigenvalue weighted by Gasteiger charge is -2.34. The first-order valence-electron chi connectivity index (χ1n) is 9.75. The number of amides is 1. The van der Waals surface area contributed by atoms with Crippen LogP contribution in [0.3, 0.4) is 0 Å². The van der Waals surface area contributed by atoms with Crippen LogP contribution >= 0.6 is 0 Å². The Morgan fingerprint density at radius 1 is 1.11 bits per heavy atom. The van der Waals surface area contributed by atoms with Crippen molar-refractivity contribution in [2.75, 3.05) is 26.2 Å². The molecule has 0 aliphatic carbocycles. The van der Waals surface area contributed by atoms with Crippen molar-refractivity contribution in [3.63, 3.8) is 0 Å². The van der Waals surface area contributed by atoms with E-state index in [1.54, 1.807) is 6.07 Å². The number of carbonyl (C=O) groups excluding carboxylic acids is 1. The average molecular weight is 368 g/mol. The van der Waals surface area contributed by atoms with Crippen LogP contribution in [-0.2, 0) is 24.3 Å². The third kappa shape index (κ3) is 5.50. The second-order valence-electron chi connectivity index (χ2n) is 7.09. The monoisotopic (exact) mass is 368 g/mol. The van der Waals surface area contributed by atoms with Crippen molar-refractivity contribution in [2.45, 2.75) is 39.3 Å². The number of unbranched alkanes of at least 4 members (excludes halogenated alkanes) is 1. The number of aromatic nitrogens is 2. The average Bonchev–Trinajstić information content (AvgIpc) is 2.69. The van der Waals surface area contributed by atoms with Gasteiger partial charge in [-0.05, 0) is 18.4 Å². The molecule has 2 heterocycles. The van der Waals surface area contributed by atoms with Crippen LogP contribution in [0.25, 0.3) is 0 Å². The summed E-state index contributed by atoms with van der Waals surface area (Å²) >= 11 is 0. The Bertz CT molecular complexity index is 795. The smallest absolute Gasteiger partial charge is 0.253 e. The molecule has 1 aliphatic rings. The molecule has 2 aromatic rings. The molecule has 0 atom stereocenters. The van der Waals surface area contributed by atoms with E-state index in [1.807, 2.05) is 11.0 Å². The first kappa shape index (κ1) is 19.3. The normalized spacial score (nSPS) is 15.1. The first-order chi connectivity index (χ1) is 13.2. The van der Waals surface area contributed by atoms with Crippen LogP contribution in [0.15, 0.2) is 47.5 Å². The van der Waals surface area contributed by atoms with Gasteiger partial charge in [0.05, 0.1) is 6.33 Å². The zero-order valence-electron chi connectivity index (χ0n) is 16.0. The van der Waals surface area contributed by atoms with E-state index in [2.05, 4.69) is 41.1 Å². The molecule has 6 heteroatoms. The third-order valence-corrected chi connectivity index (χ3v) is 5.00. The molecule has 1 amide bonds. The standard InChI is InChI=1S/C21H28N4O2/c1-2-3-9-19-14-20(26)25(17-22-19)16-21(27)24-12-10-23(11-13-24)15-18-7-5-4-6-8-18/h4-8,14,17H,2-3,9-13,15-16H2,1H3. The van der Waals surface area contributed by atoms with Crippen molar-refractivity contribution in [3.8, 4) is 0 Å². The highest BCUT2D eigenvalue weighted by Gasteiger charge is 2.21. The van der Waals surface area contributed by atoms with Gasteiger partial charge in [0.15, 0.2) is 0 Å². The third-order valence-electron chi connectivity index (χ3n) is 5.00. The van der Waals surface area contributed by atoms with Gasteiger partial charge in [-0.15, -0.1) is 0 Å². The number of hydrogen-bond donors (Lipinski definition) is 0. The number of carbonyl (C=O) groups is 1. The van der Waals surface area contributed by atoms with E-state index in [4.69, 9.17) is 0 Å². The second-order valence-corrected chi connectivity index (χ2v) is 7.09. The largest absolute Gasteiger partial charge is 0.339 e. The molecule has 1 fully saturated rings. The molecule has 1 saturated heterocycles. The fraction of sp³-hybridized carbons (Fsp3) is 0.476. The van der Waals surface area contributed by atoms with E-state index in [9.17, 15) is 9.59 Å². The topological polar surface area (TPSA) is 58.4 Å². The van der Waals surface area contributed by atoms with Gasteiger partial charge in [0.2, 0.25) is 5.91 Å². The number of piperazine rings is 1. The fourth-order valence-corrected chi connectivity index (χ4v) is 3.32. The van der Waals surface area contributed by atoms with E-state index >= 15 is 0 Å². The molecule has 27 heavy (non-hydrogen) atoms. The van der Waals surface area contributed by atoms with Crippen molar-refractivity contribution in [1.29, 1.82) is 0 Å². The number of hydrogen-bond acceptors (Lipinski definition) is 4. The molecule has 1 aromatic heterocycles. The van der Waals surface area contributed by atoms with Gasteiger partial charge >= 0.3 is 0 Å². The van der Waals surface area contributed by atoms with Crippen LogP contribution in [0.4, 0.5) is 0 Å². The SMILES string of the molecule is CCCCc1cc(=O)n(CC(=O)N2CCN(Cc3ccccc3)CC2)cn1.